The van der Waals surface area contributed by atoms with Gasteiger partial charge in [-0.25, -0.2) is 0 Å². The first-order valence-electron chi connectivity index (χ1n) is 7.52. The molecule has 2 saturated carbocycles. The maximum Gasteiger partial charge on any atom is 0.150 e. The molecular formula is C17H18O. The number of rotatable bonds is 1. The zero-order valence-corrected chi connectivity index (χ0v) is 10.6. The summed E-state index contributed by atoms with van der Waals surface area (Å²) in [4.78, 5) is 11.7. The van der Waals surface area contributed by atoms with E-state index in [-0.39, 0.29) is 0 Å². The minimum absolute atomic E-state index is 0.717. The predicted octanol–water partition coefficient (Wildman–Crippen LogP) is 4.23. The first kappa shape index (κ1) is 9.77. The number of hydrogen-bond acceptors (Lipinski definition) is 1. The molecule has 0 unspecified atom stereocenters. The van der Waals surface area contributed by atoms with Crippen molar-refractivity contribution >= 4 is 6.29 Å². The third kappa shape index (κ3) is 0.953. The van der Waals surface area contributed by atoms with Crippen LogP contribution >= 0.6 is 0 Å². The molecule has 1 heteroatoms. The third-order valence-corrected chi connectivity index (χ3v) is 6.19. The van der Waals surface area contributed by atoms with E-state index in [4.69, 9.17) is 0 Å². The van der Waals surface area contributed by atoms with Crippen LogP contribution in [-0.2, 0) is 0 Å². The van der Waals surface area contributed by atoms with E-state index in [0.717, 1.165) is 29.2 Å². The topological polar surface area (TPSA) is 17.1 Å². The van der Waals surface area contributed by atoms with Crippen LogP contribution in [0.4, 0.5) is 0 Å². The molecule has 18 heavy (non-hydrogen) atoms. The lowest BCUT2D eigenvalue weighted by atomic mass is 9.79. The van der Waals surface area contributed by atoms with Crippen molar-refractivity contribution in [3.8, 4) is 0 Å². The lowest BCUT2D eigenvalue weighted by Crippen LogP contribution is -2.10. The Morgan fingerprint density at radius 3 is 1.83 bits per heavy atom. The Bertz CT molecular complexity index is 527. The summed E-state index contributed by atoms with van der Waals surface area (Å²) in [7, 11) is 0. The second kappa shape index (κ2) is 3.07. The van der Waals surface area contributed by atoms with Crippen LogP contribution in [-0.4, -0.2) is 6.29 Å². The van der Waals surface area contributed by atoms with Gasteiger partial charge >= 0.3 is 0 Å². The van der Waals surface area contributed by atoms with Crippen LogP contribution in [0.1, 0.15) is 94.8 Å². The summed E-state index contributed by atoms with van der Waals surface area (Å²) in [6.45, 7) is 0. The molecule has 0 radical (unpaired) electrons. The van der Waals surface area contributed by atoms with E-state index in [1.54, 1.807) is 11.1 Å². The zero-order valence-electron chi connectivity index (χ0n) is 10.6. The van der Waals surface area contributed by atoms with Gasteiger partial charge in [0.2, 0.25) is 0 Å². The van der Waals surface area contributed by atoms with E-state index in [1.807, 2.05) is 0 Å². The number of benzene rings is 1. The SMILES string of the molecule is O=Cc1c2c(cc3c1[C@H]1CC[C@@H]3C1)[C@@H]1CC[C@H]2C1. The minimum Gasteiger partial charge on any atom is -0.298 e. The molecule has 0 N–H and O–H groups in total. The molecule has 0 spiro atoms. The molecule has 2 fully saturated rings. The minimum atomic E-state index is 0.717. The van der Waals surface area contributed by atoms with Gasteiger partial charge in [0.15, 0.2) is 6.29 Å². The summed E-state index contributed by atoms with van der Waals surface area (Å²) >= 11 is 0. The number of fused-ring (bicyclic) bond motifs is 10. The van der Waals surface area contributed by atoms with Crippen LogP contribution in [0, 0.1) is 0 Å². The summed E-state index contributed by atoms with van der Waals surface area (Å²) in [5, 5.41) is 0. The molecule has 0 aliphatic heterocycles. The van der Waals surface area contributed by atoms with Crippen LogP contribution in [0.15, 0.2) is 6.07 Å². The second-order valence-corrected chi connectivity index (χ2v) is 6.83. The van der Waals surface area contributed by atoms with Gasteiger partial charge < -0.3 is 0 Å². The Kier molecular flexibility index (Phi) is 1.67. The van der Waals surface area contributed by atoms with Gasteiger partial charge in [-0.1, -0.05) is 6.07 Å². The maximum atomic E-state index is 11.7. The van der Waals surface area contributed by atoms with Crippen LogP contribution in [0.3, 0.4) is 0 Å². The first-order valence-corrected chi connectivity index (χ1v) is 7.52. The van der Waals surface area contributed by atoms with Crippen LogP contribution in [0.25, 0.3) is 0 Å². The molecule has 1 aromatic carbocycles. The highest BCUT2D eigenvalue weighted by Gasteiger charge is 2.45. The Hall–Kier alpha value is -1.11. The molecule has 0 amide bonds. The smallest absolute Gasteiger partial charge is 0.150 e. The van der Waals surface area contributed by atoms with Crippen molar-refractivity contribution in [3.63, 3.8) is 0 Å². The van der Waals surface area contributed by atoms with Gasteiger partial charge in [-0.05, 0) is 84.5 Å². The molecule has 92 valence electrons. The zero-order chi connectivity index (χ0) is 11.9. The van der Waals surface area contributed by atoms with Crippen LogP contribution in [0.2, 0.25) is 0 Å². The van der Waals surface area contributed by atoms with E-state index < -0.39 is 0 Å². The monoisotopic (exact) mass is 238 g/mol. The first-order chi connectivity index (χ1) is 8.86. The average molecular weight is 238 g/mol. The van der Waals surface area contributed by atoms with Crippen LogP contribution in [0.5, 0.6) is 0 Å². The molecular weight excluding hydrogens is 220 g/mol. The van der Waals surface area contributed by atoms with Gasteiger partial charge in [0.1, 0.15) is 0 Å². The lowest BCUT2D eigenvalue weighted by Gasteiger charge is -2.24. The Morgan fingerprint density at radius 1 is 0.833 bits per heavy atom. The van der Waals surface area contributed by atoms with Crippen molar-refractivity contribution in [2.24, 2.45) is 0 Å². The van der Waals surface area contributed by atoms with Crippen molar-refractivity contribution in [1.82, 2.24) is 0 Å². The summed E-state index contributed by atoms with van der Waals surface area (Å²) in [6, 6.07) is 2.52. The molecule has 0 aromatic heterocycles. The van der Waals surface area contributed by atoms with Crippen molar-refractivity contribution in [1.29, 1.82) is 0 Å². The van der Waals surface area contributed by atoms with E-state index in [0.29, 0.717) is 0 Å². The van der Waals surface area contributed by atoms with Gasteiger partial charge in [-0.3, -0.25) is 4.79 Å². The fraction of sp³-hybridized carbons (Fsp3) is 0.588. The van der Waals surface area contributed by atoms with Crippen molar-refractivity contribution in [2.45, 2.75) is 62.2 Å². The summed E-state index contributed by atoms with van der Waals surface area (Å²) in [5.74, 6) is 3.01. The largest absolute Gasteiger partial charge is 0.298 e. The van der Waals surface area contributed by atoms with E-state index in [2.05, 4.69) is 6.07 Å². The van der Waals surface area contributed by atoms with Gasteiger partial charge in [0.05, 0.1) is 0 Å². The van der Waals surface area contributed by atoms with Gasteiger partial charge in [0, 0.05) is 5.56 Å². The molecule has 0 heterocycles. The molecule has 0 saturated heterocycles. The van der Waals surface area contributed by atoms with Crippen LogP contribution < -0.4 is 0 Å². The van der Waals surface area contributed by atoms with E-state index in [9.17, 15) is 4.79 Å². The quantitative estimate of drug-likeness (QED) is 0.669. The van der Waals surface area contributed by atoms with E-state index >= 15 is 0 Å². The number of hydrogen-bond donors (Lipinski definition) is 0. The van der Waals surface area contributed by atoms with Crippen molar-refractivity contribution in [3.05, 3.63) is 33.9 Å². The lowest BCUT2D eigenvalue weighted by molar-refractivity contribution is 0.112. The summed E-state index contributed by atoms with van der Waals surface area (Å²) in [5.41, 5.74) is 7.24. The predicted molar refractivity (Wildman–Crippen MR) is 70.5 cm³/mol. The number of carbonyl (C=O) groups is 1. The fourth-order valence-corrected chi connectivity index (χ4v) is 5.55. The van der Waals surface area contributed by atoms with E-state index in [1.165, 1.54) is 55.9 Å². The molecule has 1 nitrogen and oxygen atoms in total. The van der Waals surface area contributed by atoms with Crippen molar-refractivity contribution in [2.75, 3.05) is 0 Å². The highest BCUT2D eigenvalue weighted by molar-refractivity contribution is 5.84. The Labute approximate surface area is 108 Å². The van der Waals surface area contributed by atoms with Gasteiger partial charge in [0.25, 0.3) is 0 Å². The Balaban J connectivity index is 1.84. The second-order valence-electron chi connectivity index (χ2n) is 6.83. The number of aldehydes is 1. The molecule has 4 aliphatic carbocycles. The van der Waals surface area contributed by atoms with Gasteiger partial charge in [-0.2, -0.15) is 0 Å². The molecule has 4 atom stereocenters. The maximum absolute atomic E-state index is 11.7. The normalized spacial score (nSPS) is 38.0. The highest BCUT2D eigenvalue weighted by atomic mass is 16.1. The fourth-order valence-electron chi connectivity index (χ4n) is 5.55. The summed E-state index contributed by atoms with van der Waals surface area (Å²) < 4.78 is 0. The van der Waals surface area contributed by atoms with Crippen molar-refractivity contribution < 1.29 is 4.79 Å². The molecule has 5 rings (SSSR count). The highest BCUT2D eigenvalue weighted by Crippen LogP contribution is 2.60. The number of carbonyl (C=O) groups excluding carboxylic acids is 1. The standard InChI is InChI=1S/C17H18O/c18-8-15-16-11-3-1-9(5-11)13(16)7-14-10-2-4-12(6-10)17(14)15/h7-12H,1-6H2/t9-,10-,11+,12+/m1/s1. The third-order valence-electron chi connectivity index (χ3n) is 6.19. The Morgan fingerprint density at radius 2 is 1.33 bits per heavy atom. The van der Waals surface area contributed by atoms with Gasteiger partial charge in [-0.15, -0.1) is 0 Å². The molecule has 1 aromatic rings. The summed E-state index contributed by atoms with van der Waals surface area (Å²) in [6.07, 6.45) is 9.23. The average Bonchev–Trinajstić information content (AvgIpc) is 3.15. The molecule has 4 bridgehead atoms. The molecule has 4 aliphatic rings.